The topological polar surface area (TPSA) is 25.8 Å². The summed E-state index contributed by atoms with van der Waals surface area (Å²) in [4.78, 5) is 8.33. The van der Waals surface area contributed by atoms with Gasteiger partial charge in [-0.2, -0.15) is 0 Å². The fraction of sp³-hybridized carbons (Fsp3) is 0.0476. The number of aromatic nitrogens is 2. The highest BCUT2D eigenvalue weighted by molar-refractivity contribution is 5.96. The van der Waals surface area contributed by atoms with Crippen LogP contribution in [0.5, 0.6) is 0 Å². The van der Waals surface area contributed by atoms with Crippen molar-refractivity contribution in [3.05, 3.63) is 84.9 Å². The van der Waals surface area contributed by atoms with E-state index in [1.54, 1.807) is 0 Å². The highest BCUT2D eigenvalue weighted by Crippen LogP contribution is 2.32. The summed E-state index contributed by atoms with van der Waals surface area (Å²) in [5.74, 6) is 0. The van der Waals surface area contributed by atoms with Crippen LogP contribution in [0.15, 0.2) is 79.4 Å². The maximum atomic E-state index is 4.22. The summed E-state index contributed by atoms with van der Waals surface area (Å²) in [7, 11) is 0. The molecule has 0 atom stereocenters. The summed E-state index contributed by atoms with van der Waals surface area (Å²) in [5, 5.41) is 2.39. The van der Waals surface area contributed by atoms with E-state index in [1.807, 2.05) is 36.9 Å². The number of aryl methyl sites for hydroxylation is 1. The fourth-order valence-corrected chi connectivity index (χ4v) is 3.02. The summed E-state index contributed by atoms with van der Waals surface area (Å²) in [6, 6.07) is 19.2. The minimum atomic E-state index is 1.16. The van der Waals surface area contributed by atoms with Crippen LogP contribution in [0.3, 0.4) is 0 Å². The van der Waals surface area contributed by atoms with Crippen molar-refractivity contribution in [1.82, 2.24) is 9.97 Å². The van der Waals surface area contributed by atoms with E-state index in [1.165, 1.54) is 33.2 Å². The monoisotopic (exact) mass is 296 g/mol. The molecular formula is C21H16N2. The van der Waals surface area contributed by atoms with Crippen LogP contribution >= 0.6 is 0 Å². The van der Waals surface area contributed by atoms with Crippen LogP contribution in [0, 0.1) is 6.92 Å². The largest absolute Gasteiger partial charge is 0.265 e. The highest BCUT2D eigenvalue weighted by atomic mass is 14.6. The maximum absolute atomic E-state index is 4.22. The van der Waals surface area contributed by atoms with Crippen LogP contribution in [0.25, 0.3) is 33.0 Å². The summed E-state index contributed by atoms with van der Waals surface area (Å²) in [6.45, 7) is 2.14. The molecule has 2 aromatic heterocycles. The normalized spacial score (nSPS) is 10.8. The van der Waals surface area contributed by atoms with Crippen molar-refractivity contribution >= 4 is 10.8 Å². The molecule has 110 valence electrons. The number of pyridine rings is 2. The Bertz CT molecular complexity index is 970. The van der Waals surface area contributed by atoms with Gasteiger partial charge in [-0.3, -0.25) is 9.97 Å². The van der Waals surface area contributed by atoms with E-state index in [0.29, 0.717) is 0 Å². The van der Waals surface area contributed by atoms with Crippen LogP contribution in [0.1, 0.15) is 5.56 Å². The molecule has 0 spiro atoms. The lowest BCUT2D eigenvalue weighted by atomic mass is 9.94. The third-order valence-corrected chi connectivity index (χ3v) is 4.08. The zero-order valence-corrected chi connectivity index (χ0v) is 12.9. The number of hydrogen-bond donors (Lipinski definition) is 0. The lowest BCUT2D eigenvalue weighted by Gasteiger charge is -2.10. The SMILES string of the molecule is Cc1cc(-c2ccncc2)cc(-c2cccc3cnccc23)c1. The van der Waals surface area contributed by atoms with Gasteiger partial charge in [0, 0.05) is 30.2 Å². The fourth-order valence-electron chi connectivity index (χ4n) is 3.02. The first-order valence-electron chi connectivity index (χ1n) is 7.66. The molecule has 0 saturated carbocycles. The summed E-state index contributed by atoms with van der Waals surface area (Å²) in [6.07, 6.45) is 7.44. The van der Waals surface area contributed by atoms with Crippen molar-refractivity contribution in [3.8, 4) is 22.3 Å². The number of rotatable bonds is 2. The van der Waals surface area contributed by atoms with E-state index >= 15 is 0 Å². The van der Waals surface area contributed by atoms with Crippen LogP contribution in [-0.4, -0.2) is 9.97 Å². The molecule has 0 fully saturated rings. The van der Waals surface area contributed by atoms with Crippen LogP contribution in [-0.2, 0) is 0 Å². The van der Waals surface area contributed by atoms with Gasteiger partial charge in [0.1, 0.15) is 0 Å². The maximum Gasteiger partial charge on any atom is 0.0346 e. The van der Waals surface area contributed by atoms with Gasteiger partial charge in [0.2, 0.25) is 0 Å². The molecule has 0 saturated heterocycles. The number of fused-ring (bicyclic) bond motifs is 1. The van der Waals surface area contributed by atoms with Gasteiger partial charge in [-0.15, -0.1) is 0 Å². The van der Waals surface area contributed by atoms with Gasteiger partial charge in [-0.25, -0.2) is 0 Å². The van der Waals surface area contributed by atoms with Gasteiger partial charge in [0.05, 0.1) is 0 Å². The van der Waals surface area contributed by atoms with Gasteiger partial charge in [-0.05, 0) is 64.4 Å². The van der Waals surface area contributed by atoms with E-state index in [4.69, 9.17) is 0 Å². The predicted molar refractivity (Wildman–Crippen MR) is 95.1 cm³/mol. The first kappa shape index (κ1) is 13.6. The molecule has 0 amide bonds. The standard InChI is InChI=1S/C21H16N2/c1-15-11-18(16-5-8-22-9-6-16)13-19(12-15)20-4-2-3-17-14-23-10-7-21(17)20/h2-14H,1H3. The number of benzene rings is 2. The van der Waals surface area contributed by atoms with E-state index in [-0.39, 0.29) is 0 Å². The van der Waals surface area contributed by atoms with Crippen molar-refractivity contribution in [2.75, 3.05) is 0 Å². The van der Waals surface area contributed by atoms with Crippen molar-refractivity contribution in [2.24, 2.45) is 0 Å². The smallest absolute Gasteiger partial charge is 0.0346 e. The molecule has 0 radical (unpaired) electrons. The molecule has 2 aromatic carbocycles. The Balaban J connectivity index is 1.94. The lowest BCUT2D eigenvalue weighted by Crippen LogP contribution is -1.86. The van der Waals surface area contributed by atoms with Crippen LogP contribution in [0.2, 0.25) is 0 Å². The molecule has 4 rings (SSSR count). The highest BCUT2D eigenvalue weighted by Gasteiger charge is 2.07. The van der Waals surface area contributed by atoms with Gasteiger partial charge < -0.3 is 0 Å². The number of hydrogen-bond acceptors (Lipinski definition) is 2. The Labute approximate surface area is 135 Å². The second-order valence-corrected chi connectivity index (χ2v) is 5.73. The molecule has 0 N–H and O–H groups in total. The molecular weight excluding hydrogens is 280 g/mol. The Morgan fingerprint density at radius 2 is 1.48 bits per heavy atom. The van der Waals surface area contributed by atoms with Gasteiger partial charge in [-0.1, -0.05) is 30.3 Å². The molecule has 2 nitrogen and oxygen atoms in total. The third-order valence-electron chi connectivity index (χ3n) is 4.08. The first-order chi connectivity index (χ1) is 11.3. The number of nitrogens with zero attached hydrogens (tertiary/aromatic N) is 2. The van der Waals surface area contributed by atoms with Crippen LogP contribution in [0.4, 0.5) is 0 Å². The Morgan fingerprint density at radius 3 is 2.35 bits per heavy atom. The summed E-state index contributed by atoms with van der Waals surface area (Å²) >= 11 is 0. The van der Waals surface area contributed by atoms with Gasteiger partial charge >= 0.3 is 0 Å². The lowest BCUT2D eigenvalue weighted by molar-refractivity contribution is 1.33. The van der Waals surface area contributed by atoms with Crippen molar-refractivity contribution in [3.63, 3.8) is 0 Å². The average Bonchev–Trinajstić information content (AvgIpc) is 2.61. The average molecular weight is 296 g/mol. The summed E-state index contributed by atoms with van der Waals surface area (Å²) < 4.78 is 0. The van der Waals surface area contributed by atoms with Crippen molar-refractivity contribution in [1.29, 1.82) is 0 Å². The van der Waals surface area contributed by atoms with E-state index in [0.717, 1.165) is 5.39 Å². The summed E-state index contributed by atoms with van der Waals surface area (Å²) in [5.41, 5.74) is 6.12. The predicted octanol–water partition coefficient (Wildman–Crippen LogP) is 5.27. The molecule has 0 aliphatic rings. The van der Waals surface area contributed by atoms with Crippen LogP contribution < -0.4 is 0 Å². The molecule has 4 aromatic rings. The minimum absolute atomic E-state index is 1.16. The second-order valence-electron chi connectivity index (χ2n) is 5.73. The van der Waals surface area contributed by atoms with Crippen molar-refractivity contribution in [2.45, 2.75) is 6.92 Å². The minimum Gasteiger partial charge on any atom is -0.265 e. The van der Waals surface area contributed by atoms with Gasteiger partial charge in [0.25, 0.3) is 0 Å². The van der Waals surface area contributed by atoms with Crippen molar-refractivity contribution < 1.29 is 0 Å². The van der Waals surface area contributed by atoms with E-state index in [9.17, 15) is 0 Å². The molecule has 0 bridgehead atoms. The molecule has 0 aliphatic heterocycles. The second kappa shape index (κ2) is 5.65. The molecule has 23 heavy (non-hydrogen) atoms. The van der Waals surface area contributed by atoms with E-state index in [2.05, 4.69) is 59.4 Å². The zero-order valence-electron chi connectivity index (χ0n) is 12.9. The third kappa shape index (κ3) is 2.59. The van der Waals surface area contributed by atoms with Gasteiger partial charge in [0.15, 0.2) is 0 Å². The molecule has 2 heteroatoms. The molecule has 0 aliphatic carbocycles. The quantitative estimate of drug-likeness (QED) is 0.503. The first-order valence-corrected chi connectivity index (χ1v) is 7.66. The van der Waals surface area contributed by atoms with E-state index < -0.39 is 0 Å². The Hall–Kier alpha value is -3.00. The molecule has 0 unspecified atom stereocenters. The zero-order chi connectivity index (χ0) is 15.6. The Kier molecular flexibility index (Phi) is 3.35. The Morgan fingerprint density at radius 1 is 0.696 bits per heavy atom. The molecule has 2 heterocycles.